The average molecular weight is 272 g/mol. The summed E-state index contributed by atoms with van der Waals surface area (Å²) in [5.41, 5.74) is -0.546. The third kappa shape index (κ3) is 4.29. The van der Waals surface area contributed by atoms with Crippen LogP contribution < -0.4 is 0 Å². The molecule has 0 radical (unpaired) electrons. The van der Waals surface area contributed by atoms with E-state index in [4.69, 9.17) is 9.84 Å². The summed E-state index contributed by atoms with van der Waals surface area (Å²) in [5, 5.41) is 9.04. The molecule has 0 saturated carbocycles. The van der Waals surface area contributed by atoms with Gasteiger partial charge >= 0.3 is 12.2 Å². The highest BCUT2D eigenvalue weighted by Gasteiger charge is 2.34. The fraction of sp³-hybridized carbons (Fsp3) is 0.846. The van der Waals surface area contributed by atoms with Crippen LogP contribution in [0, 0.1) is 5.92 Å². The molecule has 1 N–H and O–H groups in total. The van der Waals surface area contributed by atoms with Gasteiger partial charge in [-0.15, -0.1) is 0 Å². The van der Waals surface area contributed by atoms with Crippen LogP contribution in [0.2, 0.25) is 0 Å². The van der Waals surface area contributed by atoms with E-state index < -0.39 is 17.8 Å². The standard InChI is InChI=1S/C13H24N2O4/c1-9-6-7-15(11(16)17)8-10(9)14(5)12(18)19-13(2,3)4/h9-10H,6-8H2,1-5H3,(H,16,17). The fourth-order valence-corrected chi connectivity index (χ4v) is 2.20. The van der Waals surface area contributed by atoms with E-state index in [0.717, 1.165) is 6.42 Å². The highest BCUT2D eigenvalue weighted by atomic mass is 16.6. The predicted molar refractivity (Wildman–Crippen MR) is 71.2 cm³/mol. The lowest BCUT2D eigenvalue weighted by Gasteiger charge is -2.40. The van der Waals surface area contributed by atoms with Gasteiger partial charge in [-0.05, 0) is 33.1 Å². The van der Waals surface area contributed by atoms with Gasteiger partial charge in [-0.25, -0.2) is 9.59 Å². The van der Waals surface area contributed by atoms with Crippen LogP contribution in [0.4, 0.5) is 9.59 Å². The topological polar surface area (TPSA) is 70.1 Å². The average Bonchev–Trinajstić information content (AvgIpc) is 2.26. The maximum Gasteiger partial charge on any atom is 0.410 e. The Morgan fingerprint density at radius 2 is 1.95 bits per heavy atom. The Morgan fingerprint density at radius 3 is 2.42 bits per heavy atom. The number of hydrogen-bond acceptors (Lipinski definition) is 3. The molecule has 6 heteroatoms. The number of carbonyl (C=O) groups excluding carboxylic acids is 1. The number of hydrogen-bond donors (Lipinski definition) is 1. The zero-order valence-corrected chi connectivity index (χ0v) is 12.3. The molecule has 2 amide bonds. The van der Waals surface area contributed by atoms with Gasteiger partial charge in [0.05, 0.1) is 6.04 Å². The summed E-state index contributed by atoms with van der Waals surface area (Å²) in [4.78, 5) is 25.9. The molecule has 110 valence electrons. The summed E-state index contributed by atoms with van der Waals surface area (Å²) in [6, 6.07) is -0.139. The monoisotopic (exact) mass is 272 g/mol. The van der Waals surface area contributed by atoms with Gasteiger partial charge in [0.1, 0.15) is 5.60 Å². The van der Waals surface area contributed by atoms with Gasteiger partial charge in [-0.2, -0.15) is 0 Å². The molecule has 0 aromatic rings. The van der Waals surface area contributed by atoms with Crippen LogP contribution in [0.3, 0.4) is 0 Å². The number of carboxylic acid groups (broad SMARTS) is 1. The van der Waals surface area contributed by atoms with Gasteiger partial charge in [0.15, 0.2) is 0 Å². The van der Waals surface area contributed by atoms with Crippen molar-refractivity contribution in [3.63, 3.8) is 0 Å². The second-order valence-electron chi connectivity index (χ2n) is 6.15. The lowest BCUT2D eigenvalue weighted by atomic mass is 9.93. The van der Waals surface area contributed by atoms with Crippen molar-refractivity contribution in [1.82, 2.24) is 9.80 Å². The van der Waals surface area contributed by atoms with E-state index in [0.29, 0.717) is 13.1 Å². The Morgan fingerprint density at radius 1 is 1.37 bits per heavy atom. The van der Waals surface area contributed by atoms with Gasteiger partial charge in [0, 0.05) is 20.1 Å². The minimum Gasteiger partial charge on any atom is -0.465 e. The molecule has 6 nitrogen and oxygen atoms in total. The number of piperidine rings is 1. The Bertz CT molecular complexity index is 351. The van der Waals surface area contributed by atoms with Crippen LogP contribution in [0.15, 0.2) is 0 Å². The first kappa shape index (κ1) is 15.6. The minimum atomic E-state index is -0.936. The Kier molecular flexibility index (Phi) is 4.66. The molecule has 0 bridgehead atoms. The molecule has 0 aromatic carbocycles. The number of ether oxygens (including phenoxy) is 1. The summed E-state index contributed by atoms with van der Waals surface area (Å²) in [7, 11) is 1.67. The second-order valence-corrected chi connectivity index (χ2v) is 6.15. The molecule has 0 aliphatic carbocycles. The molecule has 2 unspecified atom stereocenters. The first-order chi connectivity index (χ1) is 8.61. The van der Waals surface area contributed by atoms with E-state index in [2.05, 4.69) is 0 Å². The molecule has 1 fully saturated rings. The maximum absolute atomic E-state index is 12.0. The molecule has 19 heavy (non-hydrogen) atoms. The lowest BCUT2D eigenvalue weighted by Crippen LogP contribution is -2.54. The van der Waals surface area contributed by atoms with E-state index in [-0.39, 0.29) is 12.0 Å². The number of nitrogens with zero attached hydrogens (tertiary/aromatic N) is 2. The van der Waals surface area contributed by atoms with Crippen molar-refractivity contribution >= 4 is 12.2 Å². The largest absolute Gasteiger partial charge is 0.465 e. The molecule has 0 aromatic heterocycles. The van der Waals surface area contributed by atoms with E-state index in [1.54, 1.807) is 7.05 Å². The van der Waals surface area contributed by atoms with Gasteiger partial charge in [0.25, 0.3) is 0 Å². The summed E-state index contributed by atoms with van der Waals surface area (Å²) in [5.74, 6) is 0.258. The normalized spacial score (nSPS) is 23.9. The SMILES string of the molecule is CC1CCN(C(=O)O)CC1N(C)C(=O)OC(C)(C)C. The van der Waals surface area contributed by atoms with Crippen molar-refractivity contribution in [3.05, 3.63) is 0 Å². The molecule has 0 spiro atoms. The van der Waals surface area contributed by atoms with Crippen LogP contribution in [-0.2, 0) is 4.74 Å². The van der Waals surface area contributed by atoms with Gasteiger partial charge in [0.2, 0.25) is 0 Å². The minimum absolute atomic E-state index is 0.139. The summed E-state index contributed by atoms with van der Waals surface area (Å²) in [6.07, 6.45) is -0.588. The number of amides is 2. The van der Waals surface area contributed by atoms with Crippen molar-refractivity contribution in [2.45, 2.75) is 45.8 Å². The molecular weight excluding hydrogens is 248 g/mol. The number of rotatable bonds is 1. The zero-order valence-electron chi connectivity index (χ0n) is 12.3. The Hall–Kier alpha value is -1.46. The van der Waals surface area contributed by atoms with E-state index in [9.17, 15) is 9.59 Å². The predicted octanol–water partition coefficient (Wildman–Crippen LogP) is 2.24. The van der Waals surface area contributed by atoms with Crippen LogP contribution >= 0.6 is 0 Å². The molecule has 1 rings (SSSR count). The van der Waals surface area contributed by atoms with Gasteiger partial charge < -0.3 is 19.6 Å². The highest BCUT2D eigenvalue weighted by Crippen LogP contribution is 2.22. The summed E-state index contributed by atoms with van der Waals surface area (Å²) >= 11 is 0. The molecule has 1 heterocycles. The van der Waals surface area contributed by atoms with Gasteiger partial charge in [-0.1, -0.05) is 6.92 Å². The highest BCUT2D eigenvalue weighted by molar-refractivity contribution is 5.69. The van der Waals surface area contributed by atoms with Crippen molar-refractivity contribution in [1.29, 1.82) is 0 Å². The second kappa shape index (κ2) is 5.67. The lowest BCUT2D eigenvalue weighted by molar-refractivity contribution is 0.00540. The fourth-order valence-electron chi connectivity index (χ4n) is 2.20. The van der Waals surface area contributed by atoms with E-state index in [1.165, 1.54) is 9.80 Å². The third-order valence-corrected chi connectivity index (χ3v) is 3.37. The van der Waals surface area contributed by atoms with Crippen molar-refractivity contribution in [3.8, 4) is 0 Å². The number of carbonyl (C=O) groups is 2. The molecule has 2 atom stereocenters. The quantitative estimate of drug-likeness (QED) is 0.794. The maximum atomic E-state index is 12.0. The van der Waals surface area contributed by atoms with Crippen LogP contribution in [0.25, 0.3) is 0 Å². The van der Waals surface area contributed by atoms with E-state index in [1.807, 2.05) is 27.7 Å². The van der Waals surface area contributed by atoms with Crippen molar-refractivity contribution < 1.29 is 19.4 Å². The first-order valence-corrected chi connectivity index (χ1v) is 6.55. The first-order valence-electron chi connectivity index (χ1n) is 6.55. The van der Waals surface area contributed by atoms with Gasteiger partial charge in [-0.3, -0.25) is 0 Å². The summed E-state index contributed by atoms with van der Waals surface area (Å²) < 4.78 is 5.32. The summed E-state index contributed by atoms with van der Waals surface area (Å²) in [6.45, 7) is 8.33. The number of likely N-dealkylation sites (tertiary alicyclic amines) is 1. The zero-order chi connectivity index (χ0) is 14.8. The third-order valence-electron chi connectivity index (χ3n) is 3.37. The molecule has 1 aliphatic rings. The van der Waals surface area contributed by atoms with Crippen LogP contribution in [-0.4, -0.2) is 58.9 Å². The van der Waals surface area contributed by atoms with E-state index >= 15 is 0 Å². The smallest absolute Gasteiger partial charge is 0.410 e. The van der Waals surface area contributed by atoms with Crippen molar-refractivity contribution in [2.75, 3.05) is 20.1 Å². The number of likely N-dealkylation sites (N-methyl/N-ethyl adjacent to an activating group) is 1. The Labute approximate surface area is 114 Å². The molecular formula is C13H24N2O4. The Balaban J connectivity index is 2.70. The van der Waals surface area contributed by atoms with Crippen molar-refractivity contribution in [2.24, 2.45) is 5.92 Å². The van der Waals surface area contributed by atoms with Crippen LogP contribution in [0.5, 0.6) is 0 Å². The molecule has 1 saturated heterocycles. The molecule has 1 aliphatic heterocycles. The van der Waals surface area contributed by atoms with Crippen LogP contribution in [0.1, 0.15) is 34.1 Å².